The summed E-state index contributed by atoms with van der Waals surface area (Å²) in [5.74, 6) is 0.579. The molecule has 2 aromatic carbocycles. The highest BCUT2D eigenvalue weighted by Crippen LogP contribution is 2.32. The Bertz CT molecular complexity index is 1010. The standard InChI is InChI=1S/C29H40ClN3O2/c1-20(2)27(34)32-25-12-7-21(3)26(19-25)22-13-17-33(18-14-22)16-6-15-31-28(35)29(4,5)23-8-10-24(30)11-9-23/h7-12,19-20,22H,6,13-18H2,1-5H3,(H,31,35)(H,32,34). The zero-order valence-corrected chi connectivity index (χ0v) is 22.5. The number of nitrogens with zero attached hydrogens (tertiary/aromatic N) is 1. The van der Waals surface area contributed by atoms with Crippen molar-refractivity contribution in [3.8, 4) is 0 Å². The number of carbonyl (C=O) groups excluding carboxylic acids is 2. The van der Waals surface area contributed by atoms with Gasteiger partial charge in [0.05, 0.1) is 5.41 Å². The summed E-state index contributed by atoms with van der Waals surface area (Å²) < 4.78 is 0. The zero-order valence-electron chi connectivity index (χ0n) is 21.8. The fourth-order valence-electron chi connectivity index (χ4n) is 4.64. The molecule has 190 valence electrons. The summed E-state index contributed by atoms with van der Waals surface area (Å²) >= 11 is 5.98. The number of anilines is 1. The van der Waals surface area contributed by atoms with Crippen molar-refractivity contribution in [2.45, 2.75) is 65.2 Å². The van der Waals surface area contributed by atoms with Crippen LogP contribution in [0, 0.1) is 12.8 Å². The first kappa shape index (κ1) is 27.2. The highest BCUT2D eigenvalue weighted by atomic mass is 35.5. The predicted molar refractivity (Wildman–Crippen MR) is 145 cm³/mol. The van der Waals surface area contributed by atoms with Gasteiger partial charge in [-0.3, -0.25) is 9.59 Å². The Labute approximate surface area is 215 Å². The fraction of sp³-hybridized carbons (Fsp3) is 0.517. The molecule has 0 bridgehead atoms. The molecular weight excluding hydrogens is 458 g/mol. The van der Waals surface area contributed by atoms with E-state index in [9.17, 15) is 9.59 Å². The fourth-order valence-corrected chi connectivity index (χ4v) is 4.76. The predicted octanol–water partition coefficient (Wildman–Crippen LogP) is 5.91. The largest absolute Gasteiger partial charge is 0.355 e. The van der Waals surface area contributed by atoms with Crippen LogP contribution >= 0.6 is 11.6 Å². The van der Waals surface area contributed by atoms with Crippen LogP contribution in [0.3, 0.4) is 0 Å². The van der Waals surface area contributed by atoms with Gasteiger partial charge in [-0.25, -0.2) is 0 Å². The van der Waals surface area contributed by atoms with Crippen molar-refractivity contribution >= 4 is 29.1 Å². The minimum Gasteiger partial charge on any atom is -0.355 e. The molecule has 2 aromatic rings. The van der Waals surface area contributed by atoms with Gasteiger partial charge in [0, 0.05) is 23.2 Å². The normalized spacial score (nSPS) is 15.3. The van der Waals surface area contributed by atoms with E-state index in [-0.39, 0.29) is 17.7 Å². The first-order valence-corrected chi connectivity index (χ1v) is 13.1. The molecule has 0 spiro atoms. The molecule has 3 rings (SSSR count). The van der Waals surface area contributed by atoms with E-state index in [1.165, 1.54) is 11.1 Å². The van der Waals surface area contributed by atoms with Crippen molar-refractivity contribution in [3.05, 3.63) is 64.2 Å². The molecule has 0 aromatic heterocycles. The lowest BCUT2D eigenvalue weighted by molar-refractivity contribution is -0.125. The van der Waals surface area contributed by atoms with E-state index in [0.29, 0.717) is 17.5 Å². The summed E-state index contributed by atoms with van der Waals surface area (Å²) in [6.45, 7) is 13.6. The SMILES string of the molecule is Cc1ccc(NC(=O)C(C)C)cc1C1CCN(CCCNC(=O)C(C)(C)c2ccc(Cl)cc2)CC1. The highest BCUT2D eigenvalue weighted by molar-refractivity contribution is 6.30. The number of amides is 2. The Morgan fingerprint density at radius 2 is 1.74 bits per heavy atom. The molecular formula is C29H40ClN3O2. The third-order valence-electron chi connectivity index (χ3n) is 7.17. The van der Waals surface area contributed by atoms with Gasteiger partial charge in [-0.05, 0) is 107 Å². The molecule has 1 aliphatic rings. The first-order valence-electron chi connectivity index (χ1n) is 12.8. The quantitative estimate of drug-likeness (QED) is 0.423. The van der Waals surface area contributed by atoms with Crippen LogP contribution in [-0.2, 0) is 15.0 Å². The lowest BCUT2D eigenvalue weighted by atomic mass is 9.84. The van der Waals surface area contributed by atoms with Gasteiger partial charge in [-0.15, -0.1) is 0 Å². The van der Waals surface area contributed by atoms with Crippen LogP contribution < -0.4 is 10.6 Å². The summed E-state index contributed by atoms with van der Waals surface area (Å²) in [7, 11) is 0. The summed E-state index contributed by atoms with van der Waals surface area (Å²) in [6, 6.07) is 13.8. The van der Waals surface area contributed by atoms with Crippen molar-refractivity contribution in [1.82, 2.24) is 10.2 Å². The van der Waals surface area contributed by atoms with E-state index in [1.54, 1.807) is 0 Å². The lowest BCUT2D eigenvalue weighted by Crippen LogP contribution is -2.41. The van der Waals surface area contributed by atoms with Gasteiger partial charge < -0.3 is 15.5 Å². The molecule has 1 aliphatic heterocycles. The zero-order chi connectivity index (χ0) is 25.6. The van der Waals surface area contributed by atoms with E-state index in [4.69, 9.17) is 11.6 Å². The number of likely N-dealkylation sites (tertiary alicyclic amines) is 1. The molecule has 0 saturated carbocycles. The topological polar surface area (TPSA) is 61.4 Å². The molecule has 2 N–H and O–H groups in total. The van der Waals surface area contributed by atoms with Gasteiger partial charge in [-0.1, -0.05) is 43.6 Å². The number of halogens is 1. The average Bonchev–Trinajstić information content (AvgIpc) is 2.83. The molecule has 1 fully saturated rings. The molecule has 0 atom stereocenters. The van der Waals surface area contributed by atoms with E-state index < -0.39 is 5.41 Å². The van der Waals surface area contributed by atoms with E-state index in [0.717, 1.165) is 50.1 Å². The minimum atomic E-state index is -0.593. The van der Waals surface area contributed by atoms with E-state index in [2.05, 4.69) is 34.6 Å². The van der Waals surface area contributed by atoms with E-state index >= 15 is 0 Å². The van der Waals surface area contributed by atoms with E-state index in [1.807, 2.05) is 58.0 Å². The van der Waals surface area contributed by atoms with Crippen LogP contribution in [0.1, 0.15) is 69.6 Å². The van der Waals surface area contributed by atoms with Gasteiger partial charge in [0.2, 0.25) is 11.8 Å². The van der Waals surface area contributed by atoms with Crippen LogP contribution in [0.15, 0.2) is 42.5 Å². The third-order valence-corrected chi connectivity index (χ3v) is 7.42. The molecule has 1 heterocycles. The van der Waals surface area contributed by atoms with Gasteiger partial charge in [0.1, 0.15) is 0 Å². The number of hydrogen-bond acceptors (Lipinski definition) is 3. The van der Waals surface area contributed by atoms with Crippen LogP contribution in [0.5, 0.6) is 0 Å². The maximum Gasteiger partial charge on any atom is 0.230 e. The van der Waals surface area contributed by atoms with Crippen molar-refractivity contribution in [1.29, 1.82) is 0 Å². The summed E-state index contributed by atoms with van der Waals surface area (Å²) in [5.41, 5.74) is 3.90. The second-order valence-electron chi connectivity index (χ2n) is 10.6. The molecule has 5 nitrogen and oxygen atoms in total. The smallest absolute Gasteiger partial charge is 0.230 e. The molecule has 1 saturated heterocycles. The van der Waals surface area contributed by atoms with Crippen molar-refractivity contribution in [2.75, 3.05) is 31.5 Å². The first-order chi connectivity index (χ1) is 16.6. The van der Waals surface area contributed by atoms with Crippen molar-refractivity contribution < 1.29 is 9.59 Å². The average molecular weight is 498 g/mol. The number of benzene rings is 2. The van der Waals surface area contributed by atoms with Gasteiger partial charge >= 0.3 is 0 Å². The van der Waals surface area contributed by atoms with Crippen LogP contribution in [0.25, 0.3) is 0 Å². The van der Waals surface area contributed by atoms with Crippen molar-refractivity contribution in [2.24, 2.45) is 5.92 Å². The second kappa shape index (κ2) is 12.0. The molecule has 0 unspecified atom stereocenters. The Morgan fingerprint density at radius 3 is 2.37 bits per heavy atom. The monoisotopic (exact) mass is 497 g/mol. The molecule has 2 amide bonds. The number of piperidine rings is 1. The number of aryl methyl sites for hydroxylation is 1. The lowest BCUT2D eigenvalue weighted by Gasteiger charge is -2.33. The summed E-state index contributed by atoms with van der Waals surface area (Å²) in [6.07, 6.45) is 3.15. The molecule has 0 radical (unpaired) electrons. The Balaban J connectivity index is 1.43. The number of nitrogens with one attached hydrogen (secondary N) is 2. The maximum atomic E-state index is 12.8. The Kier molecular flexibility index (Phi) is 9.37. The number of rotatable bonds is 9. The maximum absolute atomic E-state index is 12.8. The van der Waals surface area contributed by atoms with Gasteiger partial charge in [-0.2, -0.15) is 0 Å². The summed E-state index contributed by atoms with van der Waals surface area (Å²) in [4.78, 5) is 27.4. The molecule has 6 heteroatoms. The number of hydrogen-bond donors (Lipinski definition) is 2. The highest BCUT2D eigenvalue weighted by Gasteiger charge is 2.29. The van der Waals surface area contributed by atoms with Gasteiger partial charge in [0.15, 0.2) is 0 Å². The minimum absolute atomic E-state index is 0.0312. The Morgan fingerprint density at radius 1 is 1.09 bits per heavy atom. The number of carbonyl (C=O) groups is 2. The molecule has 35 heavy (non-hydrogen) atoms. The van der Waals surface area contributed by atoms with Crippen molar-refractivity contribution in [3.63, 3.8) is 0 Å². The molecule has 0 aliphatic carbocycles. The second-order valence-corrected chi connectivity index (χ2v) is 11.0. The van der Waals surface area contributed by atoms with Crippen LogP contribution in [-0.4, -0.2) is 42.9 Å². The van der Waals surface area contributed by atoms with Crippen LogP contribution in [0.2, 0.25) is 5.02 Å². The van der Waals surface area contributed by atoms with Gasteiger partial charge in [0.25, 0.3) is 0 Å². The summed E-state index contributed by atoms with van der Waals surface area (Å²) in [5, 5.41) is 6.82. The van der Waals surface area contributed by atoms with Crippen LogP contribution in [0.4, 0.5) is 5.69 Å². The Hall–Kier alpha value is -2.37. The third kappa shape index (κ3) is 7.31.